The number of hydrogen-bond donors (Lipinski definition) is 1. The summed E-state index contributed by atoms with van der Waals surface area (Å²) in [5.74, 6) is -0.737. The molecule has 0 spiro atoms. The molecule has 2 N–H and O–H groups in total. The number of nitrogens with two attached hydrogens (primary N) is 1. The third-order valence-corrected chi connectivity index (χ3v) is 7.28. The molecule has 2 bridgehead atoms. The van der Waals surface area contributed by atoms with E-state index in [9.17, 15) is 13.6 Å². The highest BCUT2D eigenvalue weighted by molar-refractivity contribution is 7.13. The van der Waals surface area contributed by atoms with Crippen LogP contribution in [0, 0.1) is 24.5 Å². The average molecular weight is 531 g/mol. The zero-order valence-electron chi connectivity index (χ0n) is 20.2. The lowest BCUT2D eigenvalue weighted by Gasteiger charge is -2.32. The molecule has 12 heteroatoms. The first-order valence-electron chi connectivity index (χ1n) is 11.7. The van der Waals surface area contributed by atoms with Crippen LogP contribution >= 0.6 is 11.3 Å². The summed E-state index contributed by atoms with van der Waals surface area (Å²) in [5, 5.41) is 7.41. The Morgan fingerprint density at radius 1 is 1.16 bits per heavy atom. The Kier molecular flexibility index (Phi) is 5.68. The van der Waals surface area contributed by atoms with Crippen molar-refractivity contribution < 1.29 is 8.78 Å². The van der Waals surface area contributed by atoms with E-state index in [-0.39, 0.29) is 11.2 Å². The molecule has 9 nitrogen and oxygen atoms in total. The van der Waals surface area contributed by atoms with Crippen LogP contribution in [-0.4, -0.2) is 37.3 Å². The Hall–Kier alpha value is -4.58. The van der Waals surface area contributed by atoms with Gasteiger partial charge >= 0.3 is 0 Å². The molecule has 6 rings (SSSR count). The Labute approximate surface area is 219 Å². The van der Waals surface area contributed by atoms with Gasteiger partial charge in [0.1, 0.15) is 35.3 Å². The molecule has 2 aliphatic heterocycles. The van der Waals surface area contributed by atoms with Crippen molar-refractivity contribution in [3.63, 3.8) is 0 Å². The van der Waals surface area contributed by atoms with Crippen LogP contribution in [0.4, 0.5) is 8.78 Å². The first-order valence-corrected chi connectivity index (χ1v) is 12.5. The fourth-order valence-electron chi connectivity index (χ4n) is 4.53. The highest BCUT2D eigenvalue weighted by atomic mass is 32.1. The Balaban J connectivity index is 1.57. The number of halogens is 2. The number of thiazole rings is 1. The lowest BCUT2D eigenvalue weighted by atomic mass is 9.97. The third kappa shape index (κ3) is 3.98. The molecule has 0 radical (unpaired) electrons. The van der Waals surface area contributed by atoms with Gasteiger partial charge in [-0.25, -0.2) is 33.7 Å². The molecule has 2 unspecified atom stereocenters. The van der Waals surface area contributed by atoms with Crippen molar-refractivity contribution in [2.75, 3.05) is 0 Å². The number of nitrogens with zero attached hydrogens (tertiary/aromatic N) is 7. The van der Waals surface area contributed by atoms with Gasteiger partial charge in [-0.3, -0.25) is 9.20 Å². The maximum atomic E-state index is 14.3. The normalized spacial score (nSPS) is 17.6. The number of aryl methyl sites for hydroxylation is 1. The maximum absolute atomic E-state index is 14.3. The van der Waals surface area contributed by atoms with E-state index in [1.165, 1.54) is 48.0 Å². The largest absolute Gasteiger partial charge is 0.386 e. The summed E-state index contributed by atoms with van der Waals surface area (Å²) < 4.78 is 29.4. The molecule has 3 aromatic heterocycles. The second-order valence-electron chi connectivity index (χ2n) is 8.81. The molecule has 38 heavy (non-hydrogen) atoms. The molecular formula is C26H20F2N8OS. The zero-order chi connectivity index (χ0) is 26.6. The van der Waals surface area contributed by atoms with E-state index in [1.807, 2.05) is 19.9 Å². The lowest BCUT2D eigenvalue weighted by molar-refractivity contribution is 0.272. The van der Waals surface area contributed by atoms with Crippen molar-refractivity contribution in [3.8, 4) is 11.1 Å². The Morgan fingerprint density at radius 2 is 2.00 bits per heavy atom. The number of hydrazone groups is 1. The van der Waals surface area contributed by atoms with E-state index < -0.39 is 29.2 Å². The summed E-state index contributed by atoms with van der Waals surface area (Å²) >= 11 is 1.47. The Bertz CT molecular complexity index is 1790. The average Bonchev–Trinajstić information content (AvgIpc) is 3.27. The maximum Gasteiger partial charge on any atom is 0.266 e. The minimum Gasteiger partial charge on any atom is -0.386 e. The smallest absolute Gasteiger partial charge is 0.266 e. The van der Waals surface area contributed by atoms with Crippen LogP contribution in [-0.2, 0) is 0 Å². The van der Waals surface area contributed by atoms with Crippen molar-refractivity contribution in [2.45, 2.75) is 19.9 Å². The van der Waals surface area contributed by atoms with Gasteiger partial charge in [-0.1, -0.05) is 12.1 Å². The molecule has 0 aliphatic carbocycles. The van der Waals surface area contributed by atoms with Crippen LogP contribution in [0.2, 0.25) is 0 Å². The molecular weight excluding hydrogens is 510 g/mol. The quantitative estimate of drug-likeness (QED) is 0.428. The van der Waals surface area contributed by atoms with Crippen LogP contribution in [0.15, 0.2) is 80.6 Å². The number of pyridine rings is 1. The zero-order valence-corrected chi connectivity index (χ0v) is 21.0. The van der Waals surface area contributed by atoms with Gasteiger partial charge < -0.3 is 5.73 Å². The standard InChI is InChI=1S/C26H20F2N8OS/c1-13(36-21-9-18(25(29)32-12-31-21)24(34-36)19-10-30-14(2)38-19)23-22(15-4-3-5-16(27)8-15)26(37)35-11-17(28)6-7-20(35)33-23/h3-13,18H,1-2H3,(H2,29,31,32). The fourth-order valence-corrected chi connectivity index (χ4v) is 5.33. The van der Waals surface area contributed by atoms with Gasteiger partial charge in [0.15, 0.2) is 0 Å². The summed E-state index contributed by atoms with van der Waals surface area (Å²) in [6.07, 6.45) is 6.00. The van der Waals surface area contributed by atoms with Gasteiger partial charge in [-0.15, -0.1) is 11.3 Å². The number of aromatic nitrogens is 3. The molecule has 2 aliphatic rings. The molecule has 5 heterocycles. The molecule has 2 atom stereocenters. The number of aliphatic imine (C=N–C) groups is 2. The van der Waals surface area contributed by atoms with Gasteiger partial charge in [0, 0.05) is 12.4 Å². The summed E-state index contributed by atoms with van der Waals surface area (Å²) in [7, 11) is 0. The number of amidine groups is 1. The molecule has 0 saturated carbocycles. The third-order valence-electron chi connectivity index (χ3n) is 6.34. The van der Waals surface area contributed by atoms with Crippen molar-refractivity contribution in [2.24, 2.45) is 26.7 Å². The number of hydrogen-bond acceptors (Lipinski definition) is 9. The van der Waals surface area contributed by atoms with Gasteiger partial charge in [0.05, 0.1) is 38.8 Å². The first kappa shape index (κ1) is 23.8. The SMILES string of the molecule is Cc1ncc(C2=NN(C(C)c3nc4ccc(F)cn4c(=O)c3-c3cccc(F)c3)C3=CC2C(N)=NC=N3)s1. The van der Waals surface area contributed by atoms with Crippen molar-refractivity contribution in [1.29, 1.82) is 0 Å². The van der Waals surface area contributed by atoms with Crippen molar-refractivity contribution in [3.05, 3.63) is 98.3 Å². The van der Waals surface area contributed by atoms with E-state index in [2.05, 4.69) is 15.0 Å². The summed E-state index contributed by atoms with van der Waals surface area (Å²) in [6, 6.07) is 7.65. The van der Waals surface area contributed by atoms with E-state index in [0.29, 0.717) is 28.6 Å². The second-order valence-corrected chi connectivity index (χ2v) is 10.0. The van der Waals surface area contributed by atoms with Gasteiger partial charge in [0.25, 0.3) is 5.56 Å². The second kappa shape index (κ2) is 9.06. The Morgan fingerprint density at radius 3 is 2.76 bits per heavy atom. The van der Waals surface area contributed by atoms with E-state index in [0.717, 1.165) is 20.5 Å². The summed E-state index contributed by atoms with van der Waals surface area (Å²) in [6.45, 7) is 3.71. The minimum absolute atomic E-state index is 0.126. The molecule has 0 saturated heterocycles. The van der Waals surface area contributed by atoms with Crippen LogP contribution in [0.1, 0.15) is 28.5 Å². The van der Waals surface area contributed by atoms with Crippen LogP contribution in [0.25, 0.3) is 16.8 Å². The molecule has 4 aromatic rings. The molecule has 0 fully saturated rings. The van der Waals surface area contributed by atoms with Gasteiger partial charge in [-0.05, 0) is 49.8 Å². The molecule has 190 valence electrons. The lowest BCUT2D eigenvalue weighted by Crippen LogP contribution is -2.36. The molecule has 1 aromatic carbocycles. The van der Waals surface area contributed by atoms with Crippen LogP contribution in [0.5, 0.6) is 0 Å². The number of fused-ring (bicyclic) bond motifs is 2. The van der Waals surface area contributed by atoms with E-state index in [4.69, 9.17) is 15.8 Å². The monoisotopic (exact) mass is 530 g/mol. The van der Waals surface area contributed by atoms with Crippen LogP contribution < -0.4 is 11.3 Å². The van der Waals surface area contributed by atoms with Gasteiger partial charge in [-0.2, -0.15) is 5.10 Å². The first-order chi connectivity index (χ1) is 18.3. The van der Waals surface area contributed by atoms with Gasteiger partial charge in [0.2, 0.25) is 0 Å². The number of rotatable bonds is 4. The van der Waals surface area contributed by atoms with E-state index in [1.54, 1.807) is 17.3 Å². The summed E-state index contributed by atoms with van der Waals surface area (Å²) in [4.78, 5) is 32.2. The number of benzene rings is 1. The topological polar surface area (TPSA) is 114 Å². The van der Waals surface area contributed by atoms with Crippen LogP contribution in [0.3, 0.4) is 0 Å². The fraction of sp³-hybridized carbons (Fsp3) is 0.154. The summed E-state index contributed by atoms with van der Waals surface area (Å²) in [5.41, 5.74) is 7.33. The highest BCUT2D eigenvalue weighted by Crippen LogP contribution is 2.35. The highest BCUT2D eigenvalue weighted by Gasteiger charge is 2.34. The van der Waals surface area contributed by atoms with E-state index >= 15 is 0 Å². The van der Waals surface area contributed by atoms with Crippen molar-refractivity contribution >= 4 is 34.9 Å². The predicted molar refractivity (Wildman–Crippen MR) is 142 cm³/mol. The van der Waals surface area contributed by atoms with Crippen molar-refractivity contribution in [1.82, 2.24) is 19.4 Å². The molecule has 0 amide bonds. The minimum atomic E-state index is -0.649. The predicted octanol–water partition coefficient (Wildman–Crippen LogP) is 4.04.